The summed E-state index contributed by atoms with van der Waals surface area (Å²) in [6, 6.07) is 7.11. The molecule has 19 heavy (non-hydrogen) atoms. The standard InChI is InChI=1S/C15H23NO3/c1-10(2)8-14(15(17)18)16-11(3)12-6-5-7-13(9-12)19-4/h5-7,9-11,14,16H,8H2,1-4H3,(H,17,18). The molecule has 0 spiro atoms. The molecule has 0 bridgehead atoms. The van der Waals surface area contributed by atoms with Crippen molar-refractivity contribution in [2.45, 2.75) is 39.3 Å². The number of nitrogens with one attached hydrogen (secondary N) is 1. The van der Waals surface area contributed by atoms with E-state index in [0.717, 1.165) is 11.3 Å². The Bertz CT molecular complexity index is 418. The number of rotatable bonds is 7. The first-order valence-electron chi connectivity index (χ1n) is 6.56. The molecule has 1 aromatic carbocycles. The summed E-state index contributed by atoms with van der Waals surface area (Å²) in [6.07, 6.45) is 0.615. The van der Waals surface area contributed by atoms with E-state index in [1.165, 1.54) is 0 Å². The zero-order valence-electron chi connectivity index (χ0n) is 12.0. The largest absolute Gasteiger partial charge is 0.497 e. The second kappa shape index (κ2) is 7.14. The number of ether oxygens (including phenoxy) is 1. The number of methoxy groups -OCH3 is 1. The summed E-state index contributed by atoms with van der Waals surface area (Å²) < 4.78 is 5.18. The summed E-state index contributed by atoms with van der Waals surface area (Å²) in [4.78, 5) is 11.2. The smallest absolute Gasteiger partial charge is 0.320 e. The highest BCUT2D eigenvalue weighted by Gasteiger charge is 2.21. The molecule has 2 atom stereocenters. The predicted molar refractivity (Wildman–Crippen MR) is 75.4 cm³/mol. The van der Waals surface area contributed by atoms with Crippen molar-refractivity contribution in [1.29, 1.82) is 0 Å². The normalized spacial score (nSPS) is 14.2. The van der Waals surface area contributed by atoms with E-state index < -0.39 is 12.0 Å². The minimum absolute atomic E-state index is 0.0325. The summed E-state index contributed by atoms with van der Waals surface area (Å²) >= 11 is 0. The predicted octanol–water partition coefficient (Wildman–Crippen LogP) is 2.85. The molecule has 1 rings (SSSR count). The lowest BCUT2D eigenvalue weighted by molar-refractivity contribution is -0.140. The zero-order chi connectivity index (χ0) is 14.4. The average Bonchev–Trinajstić information content (AvgIpc) is 2.37. The Labute approximate surface area is 114 Å². The number of hydrogen-bond donors (Lipinski definition) is 2. The van der Waals surface area contributed by atoms with Gasteiger partial charge in [-0.2, -0.15) is 0 Å². The maximum Gasteiger partial charge on any atom is 0.320 e. The number of carboxylic acids is 1. The SMILES string of the molecule is COc1cccc(C(C)NC(CC(C)C)C(=O)O)c1. The Kier molecular flexibility index (Phi) is 5.83. The lowest BCUT2D eigenvalue weighted by atomic mass is 10.0. The number of carbonyl (C=O) groups is 1. The summed E-state index contributed by atoms with van der Waals surface area (Å²) in [5, 5.41) is 12.4. The van der Waals surface area contributed by atoms with Gasteiger partial charge in [0.15, 0.2) is 0 Å². The Morgan fingerprint density at radius 1 is 1.37 bits per heavy atom. The highest BCUT2D eigenvalue weighted by atomic mass is 16.5. The van der Waals surface area contributed by atoms with Gasteiger partial charge in [0.1, 0.15) is 11.8 Å². The molecule has 2 N–H and O–H groups in total. The van der Waals surface area contributed by atoms with Crippen molar-refractivity contribution in [2.75, 3.05) is 7.11 Å². The molecule has 0 heterocycles. The third-order valence-corrected chi connectivity index (χ3v) is 3.05. The van der Waals surface area contributed by atoms with E-state index in [4.69, 9.17) is 4.74 Å². The molecule has 0 radical (unpaired) electrons. The van der Waals surface area contributed by atoms with Crippen molar-refractivity contribution in [2.24, 2.45) is 5.92 Å². The van der Waals surface area contributed by atoms with Crippen LogP contribution in [-0.4, -0.2) is 24.2 Å². The minimum atomic E-state index is -0.802. The summed E-state index contributed by atoms with van der Waals surface area (Å²) in [6.45, 7) is 6.01. The fraction of sp³-hybridized carbons (Fsp3) is 0.533. The molecule has 0 fully saturated rings. The summed E-state index contributed by atoms with van der Waals surface area (Å²) in [5.41, 5.74) is 1.02. The van der Waals surface area contributed by atoms with E-state index in [0.29, 0.717) is 12.3 Å². The molecular formula is C15H23NO3. The molecule has 1 aromatic rings. The van der Waals surface area contributed by atoms with Gasteiger partial charge in [-0.15, -0.1) is 0 Å². The van der Waals surface area contributed by atoms with Crippen LogP contribution in [0.15, 0.2) is 24.3 Å². The van der Waals surface area contributed by atoms with E-state index in [1.54, 1.807) is 7.11 Å². The lowest BCUT2D eigenvalue weighted by Crippen LogP contribution is -2.39. The van der Waals surface area contributed by atoms with Gasteiger partial charge >= 0.3 is 5.97 Å². The van der Waals surface area contributed by atoms with E-state index in [9.17, 15) is 9.90 Å². The molecule has 0 aliphatic carbocycles. The topological polar surface area (TPSA) is 58.6 Å². The molecule has 0 aliphatic rings. The summed E-state index contributed by atoms with van der Waals surface area (Å²) in [5.74, 6) is 0.316. The van der Waals surface area contributed by atoms with E-state index in [-0.39, 0.29) is 6.04 Å². The van der Waals surface area contributed by atoms with Crippen molar-refractivity contribution >= 4 is 5.97 Å². The average molecular weight is 265 g/mol. The number of aliphatic carboxylic acids is 1. The quantitative estimate of drug-likeness (QED) is 0.796. The van der Waals surface area contributed by atoms with Gasteiger partial charge in [-0.25, -0.2) is 0 Å². The van der Waals surface area contributed by atoms with Crippen molar-refractivity contribution in [3.8, 4) is 5.75 Å². The molecule has 0 aromatic heterocycles. The van der Waals surface area contributed by atoms with Crippen LogP contribution in [0.25, 0.3) is 0 Å². The zero-order valence-corrected chi connectivity index (χ0v) is 12.0. The molecule has 4 heteroatoms. The monoisotopic (exact) mass is 265 g/mol. The molecule has 0 aliphatic heterocycles. The van der Waals surface area contributed by atoms with Crippen LogP contribution in [0.1, 0.15) is 38.8 Å². The van der Waals surface area contributed by atoms with Gasteiger partial charge < -0.3 is 9.84 Å². The highest BCUT2D eigenvalue weighted by molar-refractivity contribution is 5.73. The summed E-state index contributed by atoms with van der Waals surface area (Å²) in [7, 11) is 1.62. The molecule has 106 valence electrons. The second-order valence-corrected chi connectivity index (χ2v) is 5.19. The van der Waals surface area contributed by atoms with Gasteiger partial charge in [-0.1, -0.05) is 26.0 Å². The Morgan fingerprint density at radius 3 is 2.58 bits per heavy atom. The van der Waals surface area contributed by atoms with Gasteiger partial charge in [0.05, 0.1) is 7.11 Å². The third-order valence-electron chi connectivity index (χ3n) is 3.05. The first kappa shape index (κ1) is 15.5. The van der Waals surface area contributed by atoms with Crippen LogP contribution in [0, 0.1) is 5.92 Å². The third kappa shape index (κ3) is 4.91. The van der Waals surface area contributed by atoms with Crippen LogP contribution in [0.4, 0.5) is 0 Å². The van der Waals surface area contributed by atoms with Gasteiger partial charge in [-0.05, 0) is 37.0 Å². The Morgan fingerprint density at radius 2 is 2.05 bits per heavy atom. The Balaban J connectivity index is 2.75. The molecule has 0 saturated heterocycles. The fourth-order valence-corrected chi connectivity index (χ4v) is 2.02. The first-order chi connectivity index (χ1) is 8.93. The maximum atomic E-state index is 11.2. The van der Waals surface area contributed by atoms with Gasteiger partial charge in [0, 0.05) is 6.04 Å². The van der Waals surface area contributed by atoms with Crippen molar-refractivity contribution < 1.29 is 14.6 Å². The van der Waals surface area contributed by atoms with Gasteiger partial charge in [0.25, 0.3) is 0 Å². The molecule has 2 unspecified atom stereocenters. The van der Waals surface area contributed by atoms with Crippen LogP contribution in [-0.2, 0) is 4.79 Å². The van der Waals surface area contributed by atoms with Gasteiger partial charge in [-0.3, -0.25) is 10.1 Å². The molecular weight excluding hydrogens is 242 g/mol. The van der Waals surface area contributed by atoms with E-state index in [1.807, 2.05) is 45.0 Å². The highest BCUT2D eigenvalue weighted by Crippen LogP contribution is 2.20. The van der Waals surface area contributed by atoms with E-state index in [2.05, 4.69) is 5.32 Å². The molecule has 0 amide bonds. The first-order valence-corrected chi connectivity index (χ1v) is 6.56. The van der Waals surface area contributed by atoms with Gasteiger partial charge in [0.2, 0.25) is 0 Å². The second-order valence-electron chi connectivity index (χ2n) is 5.19. The van der Waals surface area contributed by atoms with Crippen molar-refractivity contribution in [3.05, 3.63) is 29.8 Å². The van der Waals surface area contributed by atoms with Crippen molar-refractivity contribution in [1.82, 2.24) is 5.32 Å². The van der Waals surface area contributed by atoms with Crippen molar-refractivity contribution in [3.63, 3.8) is 0 Å². The Hall–Kier alpha value is -1.55. The van der Waals surface area contributed by atoms with Crippen LogP contribution < -0.4 is 10.1 Å². The van der Waals surface area contributed by atoms with Crippen LogP contribution >= 0.6 is 0 Å². The number of carboxylic acid groups (broad SMARTS) is 1. The fourth-order valence-electron chi connectivity index (χ4n) is 2.02. The molecule has 4 nitrogen and oxygen atoms in total. The van der Waals surface area contributed by atoms with Crippen LogP contribution in [0.2, 0.25) is 0 Å². The lowest BCUT2D eigenvalue weighted by Gasteiger charge is -2.22. The molecule has 0 saturated carbocycles. The van der Waals surface area contributed by atoms with E-state index >= 15 is 0 Å². The number of hydrogen-bond acceptors (Lipinski definition) is 3. The minimum Gasteiger partial charge on any atom is -0.497 e. The van der Waals surface area contributed by atoms with Crippen LogP contribution in [0.5, 0.6) is 5.75 Å². The van der Waals surface area contributed by atoms with Crippen LogP contribution in [0.3, 0.4) is 0 Å². The maximum absolute atomic E-state index is 11.2. The number of benzene rings is 1.